The normalized spacial score (nSPS) is 12.6. The van der Waals surface area contributed by atoms with Crippen LogP contribution in [0.25, 0.3) is 10.8 Å². The predicted molar refractivity (Wildman–Crippen MR) is 158 cm³/mol. The molecular formula is C29H38BrNO5Si. The molecule has 0 unspecified atom stereocenters. The number of hydrogen-bond donors (Lipinski definition) is 1. The lowest BCUT2D eigenvalue weighted by molar-refractivity contribution is 0.285. The van der Waals surface area contributed by atoms with Crippen LogP contribution in [0, 0.1) is 0 Å². The standard InChI is InChI=1S/C29H38BrNO5Si/c1-29(2,3)37(7,8)36-16-10-13-23(27-21(30)14-15-24(33-4)28(27)32)31-22-12-9-11-19-17-25(34-5)26(35-6)18-20(19)22/h9,11-12,14-15,17-18,32H,10,13,16H2,1-8H3/b31-23-. The smallest absolute Gasteiger partial charge is 0.191 e. The molecule has 0 atom stereocenters. The van der Waals surface area contributed by atoms with Crippen molar-refractivity contribution in [2.75, 3.05) is 27.9 Å². The molecule has 0 saturated carbocycles. The van der Waals surface area contributed by atoms with Gasteiger partial charge in [0.2, 0.25) is 0 Å². The first-order chi connectivity index (χ1) is 17.4. The number of methoxy groups -OCH3 is 3. The molecule has 37 heavy (non-hydrogen) atoms. The molecule has 0 bridgehead atoms. The van der Waals surface area contributed by atoms with Gasteiger partial charge in [0, 0.05) is 16.5 Å². The molecule has 8 heteroatoms. The van der Waals surface area contributed by atoms with Crippen LogP contribution in [0.2, 0.25) is 18.1 Å². The lowest BCUT2D eigenvalue weighted by atomic mass is 10.0. The van der Waals surface area contributed by atoms with E-state index in [1.54, 1.807) is 27.4 Å². The maximum atomic E-state index is 11.1. The highest BCUT2D eigenvalue weighted by Gasteiger charge is 2.36. The van der Waals surface area contributed by atoms with Crippen molar-refractivity contribution in [1.82, 2.24) is 0 Å². The van der Waals surface area contributed by atoms with Gasteiger partial charge in [0.25, 0.3) is 0 Å². The van der Waals surface area contributed by atoms with Gasteiger partial charge in [0.15, 0.2) is 31.3 Å². The first kappa shape index (κ1) is 29.0. The SMILES string of the molecule is COc1cc2cccc(/N=C(/CCCO[Si](C)(C)C(C)(C)C)c3c(Br)ccc(OC)c3O)c2cc1OC. The fraction of sp³-hybridized carbons (Fsp3) is 0.414. The van der Waals surface area contributed by atoms with Crippen LogP contribution >= 0.6 is 15.9 Å². The number of phenolic OH excluding ortho intramolecular Hbond substituents is 1. The first-order valence-corrected chi connectivity index (χ1v) is 16.1. The van der Waals surface area contributed by atoms with Crippen molar-refractivity contribution in [3.8, 4) is 23.0 Å². The van der Waals surface area contributed by atoms with Crippen LogP contribution < -0.4 is 14.2 Å². The third kappa shape index (κ3) is 6.48. The van der Waals surface area contributed by atoms with E-state index in [-0.39, 0.29) is 10.8 Å². The average molecular weight is 589 g/mol. The van der Waals surface area contributed by atoms with Gasteiger partial charge >= 0.3 is 0 Å². The van der Waals surface area contributed by atoms with Crippen LogP contribution in [0.5, 0.6) is 23.0 Å². The third-order valence-corrected chi connectivity index (χ3v) is 12.2. The highest BCUT2D eigenvalue weighted by Crippen LogP contribution is 2.40. The molecule has 0 aliphatic heterocycles. The molecule has 3 rings (SSSR count). The van der Waals surface area contributed by atoms with E-state index in [9.17, 15) is 5.11 Å². The second-order valence-corrected chi connectivity index (χ2v) is 16.1. The summed E-state index contributed by atoms with van der Waals surface area (Å²) in [4.78, 5) is 5.10. The second-order valence-electron chi connectivity index (χ2n) is 10.4. The van der Waals surface area contributed by atoms with E-state index >= 15 is 0 Å². The highest BCUT2D eigenvalue weighted by molar-refractivity contribution is 9.10. The number of aliphatic imine (C=N–C) groups is 1. The molecule has 0 saturated heterocycles. The summed E-state index contributed by atoms with van der Waals surface area (Å²) in [6, 6.07) is 13.4. The van der Waals surface area contributed by atoms with Crippen molar-refractivity contribution in [1.29, 1.82) is 0 Å². The molecule has 0 aliphatic rings. The van der Waals surface area contributed by atoms with Crippen molar-refractivity contribution in [2.24, 2.45) is 4.99 Å². The van der Waals surface area contributed by atoms with Gasteiger partial charge in [-0.15, -0.1) is 0 Å². The van der Waals surface area contributed by atoms with E-state index < -0.39 is 8.32 Å². The van der Waals surface area contributed by atoms with Gasteiger partial charge in [-0.3, -0.25) is 4.99 Å². The number of fused-ring (bicyclic) bond motifs is 1. The predicted octanol–water partition coefficient (Wildman–Crippen LogP) is 8.26. The van der Waals surface area contributed by atoms with Crippen molar-refractivity contribution in [3.05, 3.63) is 52.5 Å². The Morgan fingerprint density at radius 2 is 1.59 bits per heavy atom. The summed E-state index contributed by atoms with van der Waals surface area (Å²) < 4.78 is 23.6. The fourth-order valence-corrected chi connectivity index (χ4v) is 5.47. The molecule has 3 aromatic carbocycles. The number of rotatable bonds is 10. The molecule has 0 spiro atoms. The Morgan fingerprint density at radius 3 is 2.22 bits per heavy atom. The van der Waals surface area contributed by atoms with Crippen molar-refractivity contribution < 1.29 is 23.7 Å². The van der Waals surface area contributed by atoms with Crippen molar-refractivity contribution in [3.63, 3.8) is 0 Å². The number of hydrogen-bond acceptors (Lipinski definition) is 6. The largest absolute Gasteiger partial charge is 0.504 e. The monoisotopic (exact) mass is 587 g/mol. The van der Waals surface area contributed by atoms with Crippen molar-refractivity contribution in [2.45, 2.75) is 51.7 Å². The molecule has 1 N–H and O–H groups in total. The highest BCUT2D eigenvalue weighted by atomic mass is 79.9. The summed E-state index contributed by atoms with van der Waals surface area (Å²) in [5, 5.41) is 13.1. The van der Waals surface area contributed by atoms with E-state index in [1.807, 2.05) is 36.4 Å². The third-order valence-electron chi connectivity index (χ3n) is 7.04. The molecule has 0 radical (unpaired) electrons. The molecule has 200 valence electrons. The minimum Gasteiger partial charge on any atom is -0.504 e. The van der Waals surface area contributed by atoms with Crippen LogP contribution in [0.4, 0.5) is 5.69 Å². The van der Waals surface area contributed by atoms with E-state index in [1.165, 1.54) is 0 Å². The maximum absolute atomic E-state index is 11.1. The van der Waals surface area contributed by atoms with Crippen LogP contribution in [-0.2, 0) is 4.43 Å². The number of aromatic hydroxyl groups is 1. The van der Waals surface area contributed by atoms with E-state index in [0.717, 1.165) is 33.1 Å². The van der Waals surface area contributed by atoms with Crippen LogP contribution in [-0.4, -0.2) is 47.1 Å². The number of ether oxygens (including phenoxy) is 3. The fourth-order valence-electron chi connectivity index (χ4n) is 3.84. The summed E-state index contributed by atoms with van der Waals surface area (Å²) in [5.74, 6) is 1.74. The summed E-state index contributed by atoms with van der Waals surface area (Å²) in [6.45, 7) is 11.8. The zero-order valence-electron chi connectivity index (χ0n) is 23.1. The quantitative estimate of drug-likeness (QED) is 0.147. The van der Waals surface area contributed by atoms with E-state index in [2.05, 4.69) is 49.8 Å². The molecule has 0 aliphatic carbocycles. The van der Waals surface area contributed by atoms with Crippen LogP contribution in [0.1, 0.15) is 39.2 Å². The zero-order chi connectivity index (χ0) is 27.4. The van der Waals surface area contributed by atoms with Gasteiger partial charge in [-0.2, -0.15) is 0 Å². The van der Waals surface area contributed by atoms with Crippen molar-refractivity contribution >= 4 is 46.4 Å². The van der Waals surface area contributed by atoms with Crippen LogP contribution in [0.15, 0.2) is 51.9 Å². The van der Waals surface area contributed by atoms with Gasteiger partial charge in [0.1, 0.15) is 0 Å². The Hall–Kier alpha value is -2.55. The number of benzene rings is 3. The van der Waals surface area contributed by atoms with Gasteiger partial charge in [-0.05, 0) is 82.6 Å². The Bertz CT molecular complexity index is 1280. The topological polar surface area (TPSA) is 69.5 Å². The summed E-state index contributed by atoms with van der Waals surface area (Å²) in [5.41, 5.74) is 2.13. The molecular weight excluding hydrogens is 550 g/mol. The Balaban J connectivity index is 2.08. The number of halogens is 1. The van der Waals surface area contributed by atoms with Gasteiger partial charge in [-0.1, -0.05) is 32.9 Å². The number of nitrogens with zero attached hydrogens (tertiary/aromatic N) is 1. The minimum atomic E-state index is -1.87. The van der Waals surface area contributed by atoms with Gasteiger partial charge < -0.3 is 23.7 Å². The molecule has 3 aromatic rings. The lowest BCUT2D eigenvalue weighted by Gasteiger charge is -2.36. The Morgan fingerprint density at radius 1 is 0.946 bits per heavy atom. The number of phenols is 1. The van der Waals surface area contributed by atoms with Gasteiger partial charge in [0.05, 0.1) is 38.3 Å². The average Bonchev–Trinajstić information content (AvgIpc) is 2.85. The Kier molecular flexibility index (Phi) is 9.31. The molecule has 0 aromatic heterocycles. The molecule has 6 nitrogen and oxygen atoms in total. The molecule has 0 heterocycles. The van der Waals surface area contributed by atoms with E-state index in [0.29, 0.717) is 35.8 Å². The Labute approximate surface area is 229 Å². The van der Waals surface area contributed by atoms with E-state index in [4.69, 9.17) is 23.6 Å². The minimum absolute atomic E-state index is 0.0560. The zero-order valence-corrected chi connectivity index (χ0v) is 25.7. The summed E-state index contributed by atoms with van der Waals surface area (Å²) >= 11 is 3.63. The van der Waals surface area contributed by atoms with Gasteiger partial charge in [-0.25, -0.2) is 0 Å². The second kappa shape index (κ2) is 11.9. The lowest BCUT2D eigenvalue weighted by Crippen LogP contribution is -2.41. The maximum Gasteiger partial charge on any atom is 0.191 e. The molecule has 0 fully saturated rings. The summed E-state index contributed by atoms with van der Waals surface area (Å²) in [7, 11) is 2.92. The first-order valence-electron chi connectivity index (χ1n) is 12.4. The summed E-state index contributed by atoms with van der Waals surface area (Å²) in [6.07, 6.45) is 1.37. The van der Waals surface area contributed by atoms with Crippen LogP contribution in [0.3, 0.4) is 0 Å². The molecule has 0 amide bonds.